The first-order chi connectivity index (χ1) is 9.29. The molecule has 1 unspecified atom stereocenters. The normalized spacial score (nSPS) is 18.2. The Morgan fingerprint density at radius 3 is 2.63 bits per heavy atom. The van der Waals surface area contributed by atoms with Gasteiger partial charge in [-0.25, -0.2) is 0 Å². The highest BCUT2D eigenvalue weighted by Gasteiger charge is 2.41. The van der Waals surface area contributed by atoms with Crippen LogP contribution in [0.5, 0.6) is 0 Å². The molecule has 3 N–H and O–H groups in total. The van der Waals surface area contributed by atoms with Gasteiger partial charge in [0.15, 0.2) is 0 Å². The summed E-state index contributed by atoms with van der Waals surface area (Å²) in [6.07, 6.45) is 3.85. The van der Waals surface area contributed by atoms with Crippen LogP contribution in [0.15, 0.2) is 30.3 Å². The summed E-state index contributed by atoms with van der Waals surface area (Å²) < 4.78 is 5.19. The zero-order chi connectivity index (χ0) is 13.6. The largest absolute Gasteiger partial charge is 0.385 e. The second-order valence-corrected chi connectivity index (χ2v) is 5.72. The topological polar surface area (TPSA) is 47.3 Å². The lowest BCUT2D eigenvalue weighted by molar-refractivity contribution is 0.171. The lowest BCUT2D eigenvalue weighted by Gasteiger charge is -2.20. The SMILES string of the molecule is COCCC1(CNCC(CN)c2ccccc2)CC1. The summed E-state index contributed by atoms with van der Waals surface area (Å²) in [7, 11) is 1.78. The van der Waals surface area contributed by atoms with Crippen molar-refractivity contribution in [2.45, 2.75) is 25.2 Å². The number of benzene rings is 1. The van der Waals surface area contributed by atoms with Crippen LogP contribution in [0.4, 0.5) is 0 Å². The quantitative estimate of drug-likeness (QED) is 0.717. The van der Waals surface area contributed by atoms with Gasteiger partial charge in [0, 0.05) is 39.3 Å². The van der Waals surface area contributed by atoms with Crippen molar-refractivity contribution in [3.63, 3.8) is 0 Å². The van der Waals surface area contributed by atoms with E-state index in [1.54, 1.807) is 7.11 Å². The van der Waals surface area contributed by atoms with Gasteiger partial charge in [-0.15, -0.1) is 0 Å². The molecule has 3 heteroatoms. The maximum Gasteiger partial charge on any atom is 0.0468 e. The van der Waals surface area contributed by atoms with E-state index in [1.165, 1.54) is 24.8 Å². The number of rotatable bonds is 9. The Labute approximate surface area is 116 Å². The number of methoxy groups -OCH3 is 1. The third-order valence-electron chi connectivity index (χ3n) is 4.24. The van der Waals surface area contributed by atoms with Gasteiger partial charge < -0.3 is 15.8 Å². The van der Waals surface area contributed by atoms with Crippen molar-refractivity contribution >= 4 is 0 Å². The molecule has 1 aliphatic rings. The highest BCUT2D eigenvalue weighted by molar-refractivity contribution is 5.20. The molecule has 0 amide bonds. The van der Waals surface area contributed by atoms with E-state index >= 15 is 0 Å². The standard InChI is InChI=1S/C16H26N2O/c1-19-10-9-16(7-8-16)13-18-12-15(11-17)14-5-3-2-4-6-14/h2-6,15,18H,7-13,17H2,1H3. The van der Waals surface area contributed by atoms with E-state index < -0.39 is 0 Å². The Morgan fingerprint density at radius 2 is 2.05 bits per heavy atom. The minimum Gasteiger partial charge on any atom is -0.385 e. The molecule has 0 saturated heterocycles. The molecular formula is C16H26N2O. The van der Waals surface area contributed by atoms with Crippen LogP contribution in [-0.4, -0.2) is 33.4 Å². The molecule has 2 rings (SSSR count). The summed E-state index contributed by atoms with van der Waals surface area (Å²) in [6, 6.07) is 10.5. The number of nitrogens with two attached hydrogens (primary N) is 1. The first kappa shape index (κ1) is 14.5. The van der Waals surface area contributed by atoms with Gasteiger partial charge in [0.2, 0.25) is 0 Å². The Bertz CT molecular complexity index is 362. The third kappa shape index (κ3) is 4.30. The smallest absolute Gasteiger partial charge is 0.0468 e. The Kier molecular flexibility index (Phi) is 5.37. The fraction of sp³-hybridized carbons (Fsp3) is 0.625. The predicted octanol–water partition coefficient (Wildman–Crippen LogP) is 2.14. The first-order valence-corrected chi connectivity index (χ1v) is 7.24. The van der Waals surface area contributed by atoms with Crippen molar-refractivity contribution in [1.29, 1.82) is 0 Å². The molecule has 0 radical (unpaired) electrons. The number of nitrogens with one attached hydrogen (secondary N) is 1. The first-order valence-electron chi connectivity index (χ1n) is 7.24. The molecule has 0 aromatic heterocycles. The minimum atomic E-state index is 0.416. The Hall–Kier alpha value is -0.900. The van der Waals surface area contributed by atoms with Crippen LogP contribution in [0.2, 0.25) is 0 Å². The predicted molar refractivity (Wildman–Crippen MR) is 79.3 cm³/mol. The molecule has 1 fully saturated rings. The highest BCUT2D eigenvalue weighted by Crippen LogP contribution is 2.48. The Balaban J connectivity index is 1.75. The van der Waals surface area contributed by atoms with Gasteiger partial charge in [0.25, 0.3) is 0 Å². The molecule has 106 valence electrons. The second kappa shape index (κ2) is 7.04. The van der Waals surface area contributed by atoms with Crippen LogP contribution < -0.4 is 11.1 Å². The molecule has 1 aromatic rings. The second-order valence-electron chi connectivity index (χ2n) is 5.72. The number of hydrogen-bond donors (Lipinski definition) is 2. The van der Waals surface area contributed by atoms with Gasteiger partial charge in [0.05, 0.1) is 0 Å². The van der Waals surface area contributed by atoms with Gasteiger partial charge >= 0.3 is 0 Å². The third-order valence-corrected chi connectivity index (χ3v) is 4.24. The van der Waals surface area contributed by atoms with E-state index in [0.29, 0.717) is 17.9 Å². The van der Waals surface area contributed by atoms with Gasteiger partial charge in [0.1, 0.15) is 0 Å². The molecule has 1 atom stereocenters. The highest BCUT2D eigenvalue weighted by atomic mass is 16.5. The summed E-state index contributed by atoms with van der Waals surface area (Å²) in [5.74, 6) is 0.416. The van der Waals surface area contributed by atoms with E-state index in [1.807, 2.05) is 0 Å². The number of ether oxygens (including phenoxy) is 1. The van der Waals surface area contributed by atoms with Crippen molar-refractivity contribution in [3.05, 3.63) is 35.9 Å². The fourth-order valence-corrected chi connectivity index (χ4v) is 2.58. The molecule has 19 heavy (non-hydrogen) atoms. The van der Waals surface area contributed by atoms with Crippen molar-refractivity contribution < 1.29 is 4.74 Å². The van der Waals surface area contributed by atoms with Crippen LogP contribution in [0.3, 0.4) is 0 Å². The van der Waals surface area contributed by atoms with E-state index in [2.05, 4.69) is 35.6 Å². The summed E-state index contributed by atoms with van der Waals surface area (Å²) in [6.45, 7) is 3.64. The molecule has 3 nitrogen and oxygen atoms in total. The molecule has 0 aliphatic heterocycles. The summed E-state index contributed by atoms with van der Waals surface area (Å²) in [5.41, 5.74) is 7.73. The van der Waals surface area contributed by atoms with Crippen molar-refractivity contribution in [1.82, 2.24) is 5.32 Å². The van der Waals surface area contributed by atoms with Gasteiger partial charge in [-0.3, -0.25) is 0 Å². The summed E-state index contributed by atoms with van der Waals surface area (Å²) in [5, 5.41) is 3.61. The molecular weight excluding hydrogens is 236 g/mol. The van der Waals surface area contributed by atoms with Crippen LogP contribution in [0.1, 0.15) is 30.7 Å². The van der Waals surface area contributed by atoms with Crippen molar-refractivity contribution in [2.75, 3.05) is 33.4 Å². The van der Waals surface area contributed by atoms with Gasteiger partial charge in [-0.2, -0.15) is 0 Å². The zero-order valence-electron chi connectivity index (χ0n) is 11.9. The van der Waals surface area contributed by atoms with Gasteiger partial charge in [-0.05, 0) is 30.2 Å². The summed E-state index contributed by atoms with van der Waals surface area (Å²) in [4.78, 5) is 0. The van der Waals surface area contributed by atoms with E-state index in [4.69, 9.17) is 10.5 Å². The average molecular weight is 262 g/mol. The van der Waals surface area contributed by atoms with Crippen molar-refractivity contribution in [2.24, 2.45) is 11.1 Å². The fourth-order valence-electron chi connectivity index (χ4n) is 2.58. The van der Waals surface area contributed by atoms with Gasteiger partial charge in [-0.1, -0.05) is 30.3 Å². The maximum absolute atomic E-state index is 5.89. The molecule has 0 spiro atoms. The minimum absolute atomic E-state index is 0.416. The van der Waals surface area contributed by atoms with Crippen LogP contribution >= 0.6 is 0 Å². The lowest BCUT2D eigenvalue weighted by atomic mass is 9.98. The molecule has 1 aromatic carbocycles. The average Bonchev–Trinajstić information content (AvgIpc) is 3.23. The molecule has 0 bridgehead atoms. The van der Waals surface area contributed by atoms with E-state index in [-0.39, 0.29) is 0 Å². The van der Waals surface area contributed by atoms with Crippen molar-refractivity contribution in [3.8, 4) is 0 Å². The molecule has 1 saturated carbocycles. The lowest BCUT2D eigenvalue weighted by Crippen LogP contribution is -2.31. The monoisotopic (exact) mass is 262 g/mol. The van der Waals surface area contributed by atoms with E-state index in [9.17, 15) is 0 Å². The molecule has 0 heterocycles. The zero-order valence-corrected chi connectivity index (χ0v) is 11.9. The van der Waals surface area contributed by atoms with Crippen LogP contribution in [0.25, 0.3) is 0 Å². The molecule has 1 aliphatic carbocycles. The van der Waals surface area contributed by atoms with Crippen LogP contribution in [-0.2, 0) is 4.74 Å². The summed E-state index contributed by atoms with van der Waals surface area (Å²) >= 11 is 0. The maximum atomic E-state index is 5.89. The number of hydrogen-bond acceptors (Lipinski definition) is 3. The Morgan fingerprint density at radius 1 is 1.32 bits per heavy atom. The van der Waals surface area contributed by atoms with Crippen LogP contribution in [0, 0.1) is 5.41 Å². The van der Waals surface area contributed by atoms with E-state index in [0.717, 1.165) is 19.7 Å².